The first kappa shape index (κ1) is 13.7. The van der Waals surface area contributed by atoms with Crippen LogP contribution in [0.25, 0.3) is 0 Å². The molecule has 2 heterocycles. The molecule has 1 aliphatic carbocycles. The first-order chi connectivity index (χ1) is 9.84. The van der Waals surface area contributed by atoms with Crippen LogP contribution in [0.3, 0.4) is 0 Å². The van der Waals surface area contributed by atoms with E-state index in [9.17, 15) is 4.79 Å². The van der Waals surface area contributed by atoms with Crippen LogP contribution < -0.4 is 10.2 Å². The Bertz CT molecular complexity index is 468. The average molecular weight is 291 g/mol. The van der Waals surface area contributed by atoms with Crippen LogP contribution in [0.5, 0.6) is 0 Å². The highest BCUT2D eigenvalue weighted by Crippen LogP contribution is 2.23. The van der Waals surface area contributed by atoms with Crippen molar-refractivity contribution < 1.29 is 4.79 Å². The summed E-state index contributed by atoms with van der Waals surface area (Å²) < 4.78 is 0. The number of carbonyl (C=O) groups is 1. The van der Waals surface area contributed by atoms with Crippen molar-refractivity contribution in [2.45, 2.75) is 31.7 Å². The molecule has 0 spiro atoms. The summed E-state index contributed by atoms with van der Waals surface area (Å²) in [6.45, 7) is 1.96. The summed E-state index contributed by atoms with van der Waals surface area (Å²) in [5.41, 5.74) is 0.728. The summed E-state index contributed by atoms with van der Waals surface area (Å²) in [7, 11) is 0. The summed E-state index contributed by atoms with van der Waals surface area (Å²) in [5.74, 6) is 3.11. The molecular weight excluding hydrogens is 270 g/mol. The number of hydrogen-bond acceptors (Lipinski definition) is 4. The lowest BCUT2D eigenvalue weighted by Crippen LogP contribution is -2.37. The van der Waals surface area contributed by atoms with Crippen molar-refractivity contribution in [3.05, 3.63) is 23.9 Å². The van der Waals surface area contributed by atoms with Crippen molar-refractivity contribution in [3.63, 3.8) is 0 Å². The van der Waals surface area contributed by atoms with Crippen molar-refractivity contribution in [1.82, 2.24) is 10.3 Å². The maximum absolute atomic E-state index is 12.5. The fourth-order valence-electron chi connectivity index (χ4n) is 2.93. The highest BCUT2D eigenvalue weighted by atomic mass is 32.2. The lowest BCUT2D eigenvalue weighted by molar-refractivity contribution is 0.0938. The van der Waals surface area contributed by atoms with E-state index in [1.165, 1.54) is 12.8 Å². The standard InChI is InChI=1S/C15H21N3OS/c19-15(17-12-4-1-2-5-12)13-6-3-7-16-14(13)18-8-10-20-11-9-18/h3,6-7,12H,1-2,4-5,8-11H2,(H,17,19). The molecule has 2 aliphatic rings. The number of nitrogens with zero attached hydrogens (tertiary/aromatic N) is 2. The molecule has 1 saturated carbocycles. The third-order valence-electron chi connectivity index (χ3n) is 4.03. The van der Waals surface area contributed by atoms with E-state index in [1.54, 1.807) is 6.20 Å². The molecule has 1 aromatic heterocycles. The quantitative estimate of drug-likeness (QED) is 0.928. The molecule has 0 radical (unpaired) electrons. The zero-order chi connectivity index (χ0) is 13.8. The van der Waals surface area contributed by atoms with E-state index in [2.05, 4.69) is 15.2 Å². The zero-order valence-electron chi connectivity index (χ0n) is 11.7. The predicted octanol–water partition coefficient (Wildman–Crippen LogP) is 2.31. The fourth-order valence-corrected chi connectivity index (χ4v) is 3.84. The van der Waals surface area contributed by atoms with Crippen LogP contribution in [-0.2, 0) is 0 Å². The molecule has 0 aromatic carbocycles. The van der Waals surface area contributed by atoms with Gasteiger partial charge in [-0.3, -0.25) is 4.79 Å². The van der Waals surface area contributed by atoms with Gasteiger partial charge in [-0.15, -0.1) is 0 Å². The minimum absolute atomic E-state index is 0.0400. The Labute approximate surface area is 124 Å². The molecular formula is C15H21N3OS. The minimum Gasteiger partial charge on any atom is -0.354 e. The Hall–Kier alpha value is -1.23. The van der Waals surface area contributed by atoms with Crippen LogP contribution in [0.4, 0.5) is 5.82 Å². The molecule has 1 aliphatic heterocycles. The number of nitrogens with one attached hydrogen (secondary N) is 1. The van der Waals surface area contributed by atoms with Gasteiger partial charge in [-0.05, 0) is 25.0 Å². The Morgan fingerprint density at radius 1 is 1.30 bits per heavy atom. The molecule has 1 amide bonds. The van der Waals surface area contributed by atoms with Gasteiger partial charge in [0, 0.05) is 36.8 Å². The zero-order valence-corrected chi connectivity index (χ0v) is 12.5. The maximum Gasteiger partial charge on any atom is 0.255 e. The van der Waals surface area contributed by atoms with Gasteiger partial charge in [0.25, 0.3) is 5.91 Å². The lowest BCUT2D eigenvalue weighted by atomic mass is 10.2. The number of pyridine rings is 1. The third-order valence-corrected chi connectivity index (χ3v) is 4.97. The van der Waals surface area contributed by atoms with E-state index in [4.69, 9.17) is 0 Å². The summed E-state index contributed by atoms with van der Waals surface area (Å²) in [5, 5.41) is 3.16. The Morgan fingerprint density at radius 3 is 2.80 bits per heavy atom. The highest BCUT2D eigenvalue weighted by Gasteiger charge is 2.22. The fraction of sp³-hybridized carbons (Fsp3) is 0.600. The van der Waals surface area contributed by atoms with Gasteiger partial charge in [0.1, 0.15) is 5.82 Å². The Kier molecular flexibility index (Phi) is 4.45. The lowest BCUT2D eigenvalue weighted by Gasteiger charge is -2.29. The van der Waals surface area contributed by atoms with Gasteiger partial charge in [-0.25, -0.2) is 4.98 Å². The first-order valence-electron chi connectivity index (χ1n) is 7.43. The first-order valence-corrected chi connectivity index (χ1v) is 8.58. The molecule has 0 unspecified atom stereocenters. The monoisotopic (exact) mass is 291 g/mol. The highest BCUT2D eigenvalue weighted by molar-refractivity contribution is 7.99. The third kappa shape index (κ3) is 3.08. The van der Waals surface area contributed by atoms with E-state index >= 15 is 0 Å². The van der Waals surface area contributed by atoms with E-state index in [-0.39, 0.29) is 5.91 Å². The SMILES string of the molecule is O=C(NC1CCCC1)c1cccnc1N1CCSCC1. The van der Waals surface area contributed by atoms with Crippen molar-refractivity contribution in [2.24, 2.45) is 0 Å². The smallest absolute Gasteiger partial charge is 0.255 e. The summed E-state index contributed by atoms with van der Waals surface area (Å²) in [6.07, 6.45) is 6.47. The summed E-state index contributed by atoms with van der Waals surface area (Å²) >= 11 is 1.96. The molecule has 5 heteroatoms. The molecule has 3 rings (SSSR count). The van der Waals surface area contributed by atoms with Gasteiger partial charge in [-0.2, -0.15) is 11.8 Å². The van der Waals surface area contributed by atoms with Crippen molar-refractivity contribution in [3.8, 4) is 0 Å². The van der Waals surface area contributed by atoms with Gasteiger partial charge in [0.05, 0.1) is 5.56 Å². The van der Waals surface area contributed by atoms with Gasteiger partial charge >= 0.3 is 0 Å². The number of rotatable bonds is 3. The number of thioether (sulfide) groups is 1. The molecule has 1 saturated heterocycles. The molecule has 1 aromatic rings. The van der Waals surface area contributed by atoms with Crippen LogP contribution >= 0.6 is 11.8 Å². The van der Waals surface area contributed by atoms with Crippen LogP contribution in [0.2, 0.25) is 0 Å². The normalized spacial score (nSPS) is 20.1. The number of amides is 1. The van der Waals surface area contributed by atoms with Crippen molar-refractivity contribution in [1.29, 1.82) is 0 Å². The predicted molar refractivity (Wildman–Crippen MR) is 83.5 cm³/mol. The molecule has 108 valence electrons. The van der Waals surface area contributed by atoms with Crippen LogP contribution in [0.15, 0.2) is 18.3 Å². The molecule has 4 nitrogen and oxygen atoms in total. The summed E-state index contributed by atoms with van der Waals surface area (Å²) in [4.78, 5) is 19.2. The minimum atomic E-state index is 0.0400. The maximum atomic E-state index is 12.5. The molecule has 1 N–H and O–H groups in total. The molecule has 20 heavy (non-hydrogen) atoms. The number of carbonyl (C=O) groups excluding carboxylic acids is 1. The van der Waals surface area contributed by atoms with Crippen LogP contribution in [0, 0.1) is 0 Å². The number of aromatic nitrogens is 1. The second-order valence-corrected chi connectivity index (χ2v) is 6.65. The van der Waals surface area contributed by atoms with E-state index < -0.39 is 0 Å². The molecule has 0 atom stereocenters. The topological polar surface area (TPSA) is 45.2 Å². The van der Waals surface area contributed by atoms with Gasteiger partial charge < -0.3 is 10.2 Å². The average Bonchev–Trinajstić information content (AvgIpc) is 3.01. The van der Waals surface area contributed by atoms with E-state index in [0.29, 0.717) is 6.04 Å². The molecule has 0 bridgehead atoms. The second kappa shape index (κ2) is 6.48. The molecule has 2 fully saturated rings. The Morgan fingerprint density at radius 2 is 2.05 bits per heavy atom. The number of hydrogen-bond donors (Lipinski definition) is 1. The number of anilines is 1. The van der Waals surface area contributed by atoms with Gasteiger partial charge in [0.15, 0.2) is 0 Å². The van der Waals surface area contributed by atoms with Crippen molar-refractivity contribution >= 4 is 23.5 Å². The Balaban J connectivity index is 1.75. The summed E-state index contributed by atoms with van der Waals surface area (Å²) in [6, 6.07) is 4.10. The van der Waals surface area contributed by atoms with Gasteiger partial charge in [0.2, 0.25) is 0 Å². The van der Waals surface area contributed by atoms with E-state index in [0.717, 1.165) is 48.8 Å². The van der Waals surface area contributed by atoms with Crippen LogP contribution in [-0.4, -0.2) is 41.5 Å². The van der Waals surface area contributed by atoms with Crippen molar-refractivity contribution in [2.75, 3.05) is 29.5 Å². The van der Waals surface area contributed by atoms with E-state index in [1.807, 2.05) is 23.9 Å². The van der Waals surface area contributed by atoms with Crippen LogP contribution in [0.1, 0.15) is 36.0 Å². The largest absolute Gasteiger partial charge is 0.354 e. The second-order valence-electron chi connectivity index (χ2n) is 5.43. The van der Waals surface area contributed by atoms with Gasteiger partial charge in [-0.1, -0.05) is 12.8 Å².